The van der Waals surface area contributed by atoms with Gasteiger partial charge in [0.05, 0.1) is 16.7 Å². The van der Waals surface area contributed by atoms with E-state index >= 15 is 0 Å². The Bertz CT molecular complexity index is 938. The number of hydrogen-bond acceptors (Lipinski definition) is 2. The maximum absolute atomic E-state index is 13.3. The molecular formula is C28H33ClF3NO. The van der Waals surface area contributed by atoms with Crippen LogP contribution in [0.2, 0.25) is 5.02 Å². The highest BCUT2D eigenvalue weighted by molar-refractivity contribution is 6.32. The highest BCUT2D eigenvalue weighted by atomic mass is 35.5. The molecule has 0 amide bonds. The van der Waals surface area contributed by atoms with Gasteiger partial charge in [-0.25, -0.2) is 0 Å². The first-order valence-corrected chi connectivity index (χ1v) is 12.0. The van der Waals surface area contributed by atoms with Crippen LogP contribution in [0.5, 0.6) is 0 Å². The van der Waals surface area contributed by atoms with Crippen molar-refractivity contribution in [3.63, 3.8) is 0 Å². The lowest BCUT2D eigenvalue weighted by atomic mass is 9.90. The van der Waals surface area contributed by atoms with Crippen LogP contribution in [-0.2, 0) is 12.7 Å². The zero-order chi connectivity index (χ0) is 25.1. The van der Waals surface area contributed by atoms with E-state index in [-0.39, 0.29) is 17.5 Å². The van der Waals surface area contributed by atoms with Crippen LogP contribution in [0.15, 0.2) is 78.9 Å². The third-order valence-corrected chi connectivity index (χ3v) is 5.93. The molecule has 2 nitrogen and oxygen atoms in total. The largest absolute Gasteiger partial charge is 0.417 e. The smallest absolute Gasteiger partial charge is 0.393 e. The van der Waals surface area contributed by atoms with E-state index in [9.17, 15) is 18.3 Å². The van der Waals surface area contributed by atoms with E-state index in [0.717, 1.165) is 17.2 Å². The van der Waals surface area contributed by atoms with E-state index in [0.29, 0.717) is 25.1 Å². The monoisotopic (exact) mass is 491 g/mol. The number of alkyl halides is 3. The van der Waals surface area contributed by atoms with Crippen LogP contribution in [-0.4, -0.2) is 29.2 Å². The Hall–Kier alpha value is -2.34. The van der Waals surface area contributed by atoms with Gasteiger partial charge in [0.2, 0.25) is 0 Å². The Kier molecular flexibility index (Phi) is 11.1. The summed E-state index contributed by atoms with van der Waals surface area (Å²) in [5, 5.41) is 9.57. The second-order valence-corrected chi connectivity index (χ2v) is 8.40. The van der Waals surface area contributed by atoms with Crippen molar-refractivity contribution >= 4 is 11.6 Å². The molecule has 3 aromatic rings. The van der Waals surface area contributed by atoms with Gasteiger partial charge in [0, 0.05) is 25.6 Å². The Labute approximate surface area is 206 Å². The van der Waals surface area contributed by atoms with Gasteiger partial charge in [0.15, 0.2) is 0 Å². The van der Waals surface area contributed by atoms with Crippen molar-refractivity contribution in [2.45, 2.75) is 51.9 Å². The lowest BCUT2D eigenvalue weighted by molar-refractivity contribution is -0.137. The fourth-order valence-electron chi connectivity index (χ4n) is 3.80. The van der Waals surface area contributed by atoms with Crippen molar-refractivity contribution in [1.29, 1.82) is 0 Å². The van der Waals surface area contributed by atoms with Gasteiger partial charge >= 0.3 is 6.18 Å². The van der Waals surface area contributed by atoms with Gasteiger partial charge in [-0.05, 0) is 36.1 Å². The topological polar surface area (TPSA) is 23.5 Å². The summed E-state index contributed by atoms with van der Waals surface area (Å²) in [6.45, 7) is 7.07. The zero-order valence-corrected chi connectivity index (χ0v) is 20.7. The third-order valence-electron chi connectivity index (χ3n) is 5.49. The maximum Gasteiger partial charge on any atom is 0.417 e. The first kappa shape index (κ1) is 27.9. The van der Waals surface area contributed by atoms with Gasteiger partial charge in [-0.1, -0.05) is 98.2 Å². The number of nitrogens with zero attached hydrogens (tertiary/aromatic N) is 1. The zero-order valence-electron chi connectivity index (χ0n) is 19.9. The highest BCUT2D eigenvalue weighted by Gasteiger charge is 2.34. The molecule has 1 atom stereocenters. The number of benzene rings is 3. The molecule has 0 saturated carbocycles. The van der Waals surface area contributed by atoms with Gasteiger partial charge in [-0.2, -0.15) is 13.2 Å². The van der Waals surface area contributed by atoms with Crippen LogP contribution in [0.4, 0.5) is 13.2 Å². The summed E-state index contributed by atoms with van der Waals surface area (Å²) in [5.74, 6) is 0.0240. The Balaban J connectivity index is 0.00000199. The van der Waals surface area contributed by atoms with Crippen molar-refractivity contribution in [1.82, 2.24) is 4.90 Å². The number of aliphatic hydroxyl groups excluding tert-OH is 1. The fraction of sp³-hybridized carbons (Fsp3) is 0.357. The lowest BCUT2D eigenvalue weighted by Gasteiger charge is -2.29. The van der Waals surface area contributed by atoms with Crippen LogP contribution >= 0.6 is 11.6 Å². The summed E-state index contributed by atoms with van der Waals surface area (Å²) in [6, 6.07) is 24.1. The summed E-state index contributed by atoms with van der Waals surface area (Å²) in [5.41, 5.74) is 1.84. The second-order valence-electron chi connectivity index (χ2n) is 8.02. The molecule has 184 valence electrons. The van der Waals surface area contributed by atoms with Crippen LogP contribution in [0.25, 0.3) is 0 Å². The molecule has 0 spiro atoms. The minimum atomic E-state index is -4.51. The summed E-state index contributed by atoms with van der Waals surface area (Å²) >= 11 is 6.17. The average Bonchev–Trinajstić information content (AvgIpc) is 2.83. The molecule has 0 radical (unpaired) electrons. The van der Waals surface area contributed by atoms with Crippen molar-refractivity contribution in [2.75, 3.05) is 13.1 Å². The molecule has 1 N–H and O–H groups in total. The normalized spacial score (nSPS) is 12.4. The van der Waals surface area contributed by atoms with E-state index in [1.165, 1.54) is 6.07 Å². The number of rotatable bonds is 9. The molecule has 0 aliphatic heterocycles. The SMILES string of the molecule is CC.CC(O)CCN(Cc1cccc(C(F)(F)F)c1Cl)CC(c1ccccc1)c1ccccc1. The number of hydrogen-bond donors (Lipinski definition) is 1. The van der Waals surface area contributed by atoms with Gasteiger partial charge in [-0.15, -0.1) is 0 Å². The van der Waals surface area contributed by atoms with Crippen molar-refractivity contribution < 1.29 is 18.3 Å². The van der Waals surface area contributed by atoms with Gasteiger partial charge in [-0.3, -0.25) is 4.90 Å². The standard InChI is InChI=1S/C26H27ClF3NO.C2H6/c1-19(32)15-16-31(17-22-13-8-14-24(25(22)27)26(28,29)30)18-23(20-9-4-2-5-10-20)21-11-6-3-7-12-21;1-2/h2-14,19,23,32H,15-18H2,1H3;1-2H3. The van der Waals surface area contributed by atoms with E-state index in [1.54, 1.807) is 13.0 Å². The van der Waals surface area contributed by atoms with Gasteiger partial charge in [0.1, 0.15) is 0 Å². The Morgan fingerprint density at radius 2 is 1.38 bits per heavy atom. The molecule has 6 heteroatoms. The molecule has 0 bridgehead atoms. The highest BCUT2D eigenvalue weighted by Crippen LogP contribution is 2.37. The minimum absolute atomic E-state index is 0.0240. The first-order valence-electron chi connectivity index (χ1n) is 11.6. The van der Waals surface area contributed by atoms with E-state index in [2.05, 4.69) is 29.2 Å². The van der Waals surface area contributed by atoms with Crippen molar-refractivity contribution in [2.24, 2.45) is 0 Å². The molecule has 0 heterocycles. The van der Waals surface area contributed by atoms with Crippen molar-refractivity contribution in [3.8, 4) is 0 Å². The second kappa shape index (κ2) is 13.5. The molecule has 1 unspecified atom stereocenters. The Morgan fingerprint density at radius 3 is 1.85 bits per heavy atom. The van der Waals surface area contributed by atoms with Gasteiger partial charge < -0.3 is 5.11 Å². The molecule has 3 rings (SSSR count). The molecule has 34 heavy (non-hydrogen) atoms. The first-order chi connectivity index (χ1) is 16.3. The molecule has 0 fully saturated rings. The van der Waals surface area contributed by atoms with Crippen molar-refractivity contribution in [3.05, 3.63) is 106 Å². The lowest BCUT2D eigenvalue weighted by Crippen LogP contribution is -2.31. The Morgan fingerprint density at radius 1 is 0.853 bits per heavy atom. The number of aliphatic hydroxyl groups is 1. The minimum Gasteiger partial charge on any atom is -0.393 e. The van der Waals surface area contributed by atoms with E-state index < -0.39 is 17.8 Å². The average molecular weight is 492 g/mol. The number of halogens is 4. The predicted octanol–water partition coefficient (Wildman–Crippen LogP) is 7.79. The van der Waals surface area contributed by atoms with E-state index in [4.69, 9.17) is 11.6 Å². The van der Waals surface area contributed by atoms with Crippen LogP contribution in [0.3, 0.4) is 0 Å². The third kappa shape index (κ3) is 8.15. The van der Waals surface area contributed by atoms with E-state index in [1.807, 2.05) is 50.2 Å². The van der Waals surface area contributed by atoms with Gasteiger partial charge in [0.25, 0.3) is 0 Å². The van der Waals surface area contributed by atoms with Crippen LogP contribution < -0.4 is 0 Å². The predicted molar refractivity (Wildman–Crippen MR) is 134 cm³/mol. The molecule has 0 aliphatic rings. The molecular weight excluding hydrogens is 459 g/mol. The quantitative estimate of drug-likeness (QED) is 0.330. The molecule has 0 aromatic heterocycles. The summed E-state index contributed by atoms with van der Waals surface area (Å²) in [6.07, 6.45) is -4.51. The molecule has 3 aromatic carbocycles. The maximum atomic E-state index is 13.3. The van der Waals surface area contributed by atoms with Crippen LogP contribution in [0.1, 0.15) is 55.4 Å². The fourth-order valence-corrected chi connectivity index (χ4v) is 4.09. The molecule has 0 saturated heterocycles. The van der Waals surface area contributed by atoms with Crippen LogP contribution in [0, 0.1) is 0 Å². The summed E-state index contributed by atoms with van der Waals surface area (Å²) in [4.78, 5) is 2.07. The summed E-state index contributed by atoms with van der Waals surface area (Å²) in [7, 11) is 0. The molecule has 0 aliphatic carbocycles. The summed E-state index contributed by atoms with van der Waals surface area (Å²) < 4.78 is 40.0.